The van der Waals surface area contributed by atoms with E-state index in [-0.39, 0.29) is 33.0 Å². The normalized spacial score (nSPS) is 38.8. The van der Waals surface area contributed by atoms with Crippen LogP contribution in [-0.4, -0.2) is 16.3 Å². The van der Waals surface area contributed by atoms with E-state index in [4.69, 9.17) is 0 Å². The third kappa shape index (κ3) is 4.48. The van der Waals surface area contributed by atoms with E-state index >= 15 is 0 Å². The van der Waals surface area contributed by atoms with Crippen LogP contribution < -0.4 is 5.32 Å². The number of fused-ring (bicyclic) bond motifs is 5. The SMILES string of the molecule is CC1CC2SC(=O)C=C[C@]2(C)[C@@H]2CC[C@]3(C)CC(C(=O)Nc4c(C(F)(F)F)cccc4C(F)(F)F)C[C@H]3[C@H]12. The first kappa shape index (κ1) is 27.6. The minimum atomic E-state index is -5.05. The van der Waals surface area contributed by atoms with Gasteiger partial charge in [-0.2, -0.15) is 26.3 Å². The van der Waals surface area contributed by atoms with Gasteiger partial charge >= 0.3 is 12.4 Å². The minimum Gasteiger partial charge on any atom is -0.325 e. The van der Waals surface area contributed by atoms with Gasteiger partial charge in [0.05, 0.1) is 16.8 Å². The van der Waals surface area contributed by atoms with Crippen molar-refractivity contribution in [3.05, 3.63) is 41.5 Å². The molecule has 1 aromatic carbocycles. The van der Waals surface area contributed by atoms with Crippen LogP contribution in [0.15, 0.2) is 30.4 Å². The molecule has 3 nitrogen and oxygen atoms in total. The van der Waals surface area contributed by atoms with Crippen molar-refractivity contribution in [1.29, 1.82) is 0 Å². The van der Waals surface area contributed by atoms with Gasteiger partial charge in [0, 0.05) is 16.6 Å². The molecule has 8 atom stereocenters. The molecule has 208 valence electrons. The molecule has 1 N–H and O–H groups in total. The molecule has 3 saturated carbocycles. The van der Waals surface area contributed by atoms with Gasteiger partial charge in [0.15, 0.2) is 0 Å². The number of hydrogen-bond acceptors (Lipinski definition) is 3. The van der Waals surface area contributed by atoms with Crippen LogP contribution in [-0.2, 0) is 21.9 Å². The minimum absolute atomic E-state index is 0.0636. The van der Waals surface area contributed by atoms with Crippen molar-refractivity contribution in [3.63, 3.8) is 0 Å². The molecule has 3 fully saturated rings. The second-order valence-electron chi connectivity index (χ2n) is 12.2. The second-order valence-corrected chi connectivity index (χ2v) is 13.4. The van der Waals surface area contributed by atoms with Crippen LogP contribution in [0.25, 0.3) is 0 Å². The van der Waals surface area contributed by atoms with Crippen molar-refractivity contribution in [3.8, 4) is 0 Å². The lowest BCUT2D eigenvalue weighted by atomic mass is 9.48. The molecule has 0 aromatic heterocycles. The number of anilines is 1. The van der Waals surface area contributed by atoms with Gasteiger partial charge in [0.2, 0.25) is 11.0 Å². The Labute approximate surface area is 222 Å². The van der Waals surface area contributed by atoms with Gasteiger partial charge in [-0.25, -0.2) is 0 Å². The Balaban J connectivity index is 1.43. The van der Waals surface area contributed by atoms with E-state index in [1.165, 1.54) is 11.8 Å². The van der Waals surface area contributed by atoms with E-state index < -0.39 is 41.0 Å². The smallest absolute Gasteiger partial charge is 0.325 e. The Morgan fingerprint density at radius 1 is 1.03 bits per heavy atom. The van der Waals surface area contributed by atoms with Crippen molar-refractivity contribution >= 4 is 28.5 Å². The first-order valence-electron chi connectivity index (χ1n) is 13.0. The molecule has 0 radical (unpaired) electrons. The lowest BCUT2D eigenvalue weighted by Gasteiger charge is -2.60. The van der Waals surface area contributed by atoms with E-state index in [0.29, 0.717) is 42.9 Å². The number of alkyl halides is 6. The summed E-state index contributed by atoms with van der Waals surface area (Å²) in [6, 6.07) is 1.83. The molecule has 38 heavy (non-hydrogen) atoms. The second kappa shape index (κ2) is 9.03. The van der Waals surface area contributed by atoms with Crippen LogP contribution in [0.4, 0.5) is 32.0 Å². The van der Waals surface area contributed by atoms with Gasteiger partial charge < -0.3 is 5.32 Å². The summed E-state index contributed by atoms with van der Waals surface area (Å²) in [5.41, 5.74) is -4.61. The van der Waals surface area contributed by atoms with Gasteiger partial charge in [-0.3, -0.25) is 9.59 Å². The largest absolute Gasteiger partial charge is 0.418 e. The number of hydrogen-bond donors (Lipinski definition) is 1. The number of carbonyl (C=O) groups is 2. The van der Waals surface area contributed by atoms with E-state index in [1.54, 1.807) is 6.08 Å². The topological polar surface area (TPSA) is 46.2 Å². The molecule has 1 aliphatic heterocycles. The standard InChI is InChI=1S/C28H31F6NO2S/c1-14-11-20-26(3,10-8-21(36)38-20)16-7-9-25(2)13-15(12-19(25)22(14)16)24(37)35-23-17(27(29,30)31)5-4-6-18(23)28(32,33)34/h4-6,8,10,14-16,19-20,22H,7,9,11-13H2,1-3H3,(H,35,37)/t14?,15?,16-,19+,20?,22-,25-,26-/m1/s1. The molecule has 0 spiro atoms. The Hall–Kier alpha value is -1.97. The van der Waals surface area contributed by atoms with Crippen molar-refractivity contribution in [2.45, 2.75) is 70.5 Å². The number of amides is 1. The zero-order valence-corrected chi connectivity index (χ0v) is 22.2. The maximum absolute atomic E-state index is 13.6. The Kier molecular flexibility index (Phi) is 6.56. The zero-order valence-electron chi connectivity index (χ0n) is 21.4. The van der Waals surface area contributed by atoms with Crippen LogP contribution in [0.2, 0.25) is 0 Å². The number of thioether (sulfide) groups is 1. The van der Waals surface area contributed by atoms with Gasteiger partial charge in [-0.15, -0.1) is 0 Å². The van der Waals surface area contributed by atoms with E-state index in [9.17, 15) is 35.9 Å². The number of rotatable bonds is 2. The quantitative estimate of drug-likeness (QED) is 0.374. The molecule has 1 heterocycles. The number of carbonyl (C=O) groups excluding carboxylic acids is 2. The fourth-order valence-electron chi connectivity index (χ4n) is 8.18. The molecule has 4 aliphatic rings. The number of allylic oxidation sites excluding steroid dienone is 1. The Morgan fingerprint density at radius 2 is 1.66 bits per heavy atom. The van der Waals surface area contributed by atoms with Crippen molar-refractivity contribution in [2.24, 2.45) is 40.4 Å². The molecule has 3 unspecified atom stereocenters. The number of nitrogens with one attached hydrogen (secondary N) is 1. The average molecular weight is 560 g/mol. The van der Waals surface area contributed by atoms with Crippen LogP contribution in [0.1, 0.15) is 64.0 Å². The number of halogens is 6. The molecule has 1 amide bonds. The van der Waals surface area contributed by atoms with Crippen LogP contribution >= 0.6 is 11.8 Å². The number of benzene rings is 1. The predicted molar refractivity (Wildman–Crippen MR) is 133 cm³/mol. The summed E-state index contributed by atoms with van der Waals surface area (Å²) in [7, 11) is 0. The molecule has 0 bridgehead atoms. The molecular weight excluding hydrogens is 528 g/mol. The van der Waals surface area contributed by atoms with Gasteiger partial charge in [0.25, 0.3) is 0 Å². The maximum atomic E-state index is 13.6. The molecule has 10 heteroatoms. The summed E-state index contributed by atoms with van der Waals surface area (Å²) >= 11 is 1.39. The van der Waals surface area contributed by atoms with Crippen molar-refractivity contribution in [1.82, 2.24) is 0 Å². The molecular formula is C28H31F6NO2S. The molecule has 0 saturated heterocycles. The van der Waals surface area contributed by atoms with Crippen molar-refractivity contribution < 1.29 is 35.9 Å². The Bertz CT molecular complexity index is 1150. The summed E-state index contributed by atoms with van der Waals surface area (Å²) in [6.07, 6.45) is -2.94. The molecule has 1 aromatic rings. The highest BCUT2D eigenvalue weighted by molar-refractivity contribution is 8.14. The third-order valence-electron chi connectivity index (χ3n) is 9.97. The number of para-hydroxylation sites is 1. The van der Waals surface area contributed by atoms with Gasteiger partial charge in [-0.05, 0) is 79.4 Å². The molecule has 3 aliphatic carbocycles. The highest BCUT2D eigenvalue weighted by atomic mass is 32.2. The first-order chi connectivity index (χ1) is 17.5. The lowest BCUT2D eigenvalue weighted by Crippen LogP contribution is -2.55. The highest BCUT2D eigenvalue weighted by Crippen LogP contribution is 2.67. The van der Waals surface area contributed by atoms with Gasteiger partial charge in [-0.1, -0.05) is 44.7 Å². The summed E-state index contributed by atoms with van der Waals surface area (Å²) in [5, 5.41) is 2.32. The summed E-state index contributed by atoms with van der Waals surface area (Å²) in [4.78, 5) is 25.4. The van der Waals surface area contributed by atoms with E-state index in [1.807, 2.05) is 0 Å². The predicted octanol–water partition coefficient (Wildman–Crippen LogP) is 7.97. The van der Waals surface area contributed by atoms with E-state index in [0.717, 1.165) is 19.3 Å². The van der Waals surface area contributed by atoms with Crippen LogP contribution in [0, 0.1) is 40.4 Å². The monoisotopic (exact) mass is 559 g/mol. The summed E-state index contributed by atoms with van der Waals surface area (Å²) in [5.74, 6) is -0.484. The van der Waals surface area contributed by atoms with Crippen LogP contribution in [0.3, 0.4) is 0 Å². The lowest BCUT2D eigenvalue weighted by molar-refractivity contribution is -0.141. The van der Waals surface area contributed by atoms with Crippen LogP contribution in [0.5, 0.6) is 0 Å². The average Bonchev–Trinajstić information content (AvgIpc) is 3.17. The van der Waals surface area contributed by atoms with Gasteiger partial charge in [0.1, 0.15) is 0 Å². The fourth-order valence-corrected chi connectivity index (χ4v) is 9.51. The first-order valence-corrected chi connectivity index (χ1v) is 13.9. The third-order valence-corrected chi connectivity index (χ3v) is 11.3. The fraction of sp³-hybridized carbons (Fsp3) is 0.643. The summed E-state index contributed by atoms with van der Waals surface area (Å²) < 4.78 is 81.7. The summed E-state index contributed by atoms with van der Waals surface area (Å²) in [6.45, 7) is 6.49. The molecule has 5 rings (SSSR count). The highest BCUT2D eigenvalue weighted by Gasteiger charge is 2.61. The Morgan fingerprint density at radius 3 is 2.26 bits per heavy atom. The zero-order chi connectivity index (χ0) is 27.8. The maximum Gasteiger partial charge on any atom is 0.418 e. The van der Waals surface area contributed by atoms with E-state index in [2.05, 4.69) is 32.2 Å². The van der Waals surface area contributed by atoms with Crippen molar-refractivity contribution in [2.75, 3.05) is 5.32 Å².